The molecule has 0 spiro atoms. The van der Waals surface area contributed by atoms with Gasteiger partial charge in [-0.2, -0.15) is 5.10 Å². The van der Waals surface area contributed by atoms with Gasteiger partial charge in [-0.3, -0.25) is 9.36 Å². The van der Waals surface area contributed by atoms with Crippen molar-refractivity contribution in [3.8, 4) is 10.4 Å². The van der Waals surface area contributed by atoms with Gasteiger partial charge >= 0.3 is 0 Å². The van der Waals surface area contributed by atoms with Crippen molar-refractivity contribution in [3.63, 3.8) is 0 Å². The Bertz CT molecular complexity index is 1190. The molecule has 0 N–H and O–H groups in total. The summed E-state index contributed by atoms with van der Waals surface area (Å²) in [4.78, 5) is 23.4. The molecule has 4 aromatic rings. The van der Waals surface area contributed by atoms with Crippen molar-refractivity contribution in [2.45, 2.75) is 37.3 Å². The van der Waals surface area contributed by atoms with Gasteiger partial charge in [0, 0.05) is 18.0 Å². The van der Waals surface area contributed by atoms with Crippen LogP contribution in [0.1, 0.15) is 19.2 Å². The van der Waals surface area contributed by atoms with E-state index in [9.17, 15) is 4.79 Å². The maximum atomic E-state index is 13.2. The molecular weight excluding hydrogens is 402 g/mol. The van der Waals surface area contributed by atoms with Crippen LogP contribution in [-0.2, 0) is 18.8 Å². The van der Waals surface area contributed by atoms with Gasteiger partial charge in [-0.25, -0.2) is 14.6 Å². The minimum absolute atomic E-state index is 0.0281. The first-order valence-electron chi connectivity index (χ1n) is 9.41. The molecule has 1 aromatic carbocycles. The Morgan fingerprint density at radius 2 is 2.10 bits per heavy atom. The molecule has 8 heteroatoms. The lowest BCUT2D eigenvalue weighted by atomic mass is 10.2. The quantitative estimate of drug-likeness (QED) is 0.235. The molecule has 0 aliphatic carbocycles. The number of thiophene rings is 1. The highest BCUT2D eigenvalue weighted by molar-refractivity contribution is 7.98. The standard InChI is InChI=1S/C21H21N5OS2/c1-3-10-25-20(27)19-16(12-17(29-19)15-8-6-5-7-9-15)24-21(25)28-13-18-22-14-23-26(18)11-4-2/h3,5-9,12,14H,1,4,10-11,13H2,2H3. The van der Waals surface area contributed by atoms with Crippen molar-refractivity contribution in [2.24, 2.45) is 0 Å². The summed E-state index contributed by atoms with van der Waals surface area (Å²) in [5.41, 5.74) is 1.79. The van der Waals surface area contributed by atoms with Gasteiger partial charge in [0.05, 0.1) is 11.3 Å². The van der Waals surface area contributed by atoms with Crippen LogP contribution in [-0.4, -0.2) is 24.3 Å². The van der Waals surface area contributed by atoms with Gasteiger partial charge in [0.15, 0.2) is 5.16 Å². The molecule has 4 rings (SSSR count). The van der Waals surface area contributed by atoms with Crippen molar-refractivity contribution in [3.05, 3.63) is 71.6 Å². The van der Waals surface area contributed by atoms with Crippen LogP contribution in [0.3, 0.4) is 0 Å². The molecule has 0 fully saturated rings. The topological polar surface area (TPSA) is 65.6 Å². The first kappa shape index (κ1) is 19.6. The molecule has 0 amide bonds. The number of benzene rings is 1. The van der Waals surface area contributed by atoms with Gasteiger partial charge in [0.25, 0.3) is 5.56 Å². The van der Waals surface area contributed by atoms with Crippen LogP contribution < -0.4 is 5.56 Å². The van der Waals surface area contributed by atoms with Crippen LogP contribution >= 0.6 is 23.1 Å². The molecule has 0 aliphatic rings. The third-order valence-electron chi connectivity index (χ3n) is 4.43. The lowest BCUT2D eigenvalue weighted by Crippen LogP contribution is -2.22. The van der Waals surface area contributed by atoms with E-state index in [-0.39, 0.29) is 5.56 Å². The number of aryl methyl sites for hydroxylation is 1. The van der Waals surface area contributed by atoms with Crippen LogP contribution in [0, 0.1) is 0 Å². The lowest BCUT2D eigenvalue weighted by Gasteiger charge is -2.10. The summed E-state index contributed by atoms with van der Waals surface area (Å²) in [6.45, 7) is 7.15. The highest BCUT2D eigenvalue weighted by Crippen LogP contribution is 2.32. The molecular formula is C21H21N5OS2. The number of rotatable bonds is 8. The third-order valence-corrected chi connectivity index (χ3v) is 6.56. The maximum absolute atomic E-state index is 13.2. The summed E-state index contributed by atoms with van der Waals surface area (Å²) in [7, 11) is 0. The summed E-state index contributed by atoms with van der Waals surface area (Å²) in [5.74, 6) is 1.48. The van der Waals surface area contributed by atoms with Crippen LogP contribution in [0.2, 0.25) is 0 Å². The highest BCUT2D eigenvalue weighted by atomic mass is 32.2. The molecule has 0 bridgehead atoms. The summed E-state index contributed by atoms with van der Waals surface area (Å²) in [6, 6.07) is 12.1. The second kappa shape index (κ2) is 8.75. The predicted octanol–water partition coefficient (Wildman–Crippen LogP) is 4.60. The molecule has 3 aromatic heterocycles. The fraction of sp³-hybridized carbons (Fsp3) is 0.238. The zero-order valence-electron chi connectivity index (χ0n) is 16.1. The Balaban J connectivity index is 1.72. The summed E-state index contributed by atoms with van der Waals surface area (Å²) in [5, 5.41) is 4.94. The van der Waals surface area contributed by atoms with Crippen molar-refractivity contribution in [1.82, 2.24) is 24.3 Å². The number of hydrogen-bond donors (Lipinski definition) is 0. The Labute approximate surface area is 176 Å². The number of thioether (sulfide) groups is 1. The van der Waals surface area contributed by atoms with E-state index in [1.165, 1.54) is 23.1 Å². The number of aromatic nitrogens is 5. The number of hydrogen-bond acceptors (Lipinski definition) is 6. The Morgan fingerprint density at radius 3 is 2.86 bits per heavy atom. The first-order valence-corrected chi connectivity index (χ1v) is 11.2. The Hall–Kier alpha value is -2.71. The smallest absolute Gasteiger partial charge is 0.272 e. The van der Waals surface area contributed by atoms with Gasteiger partial charge in [-0.1, -0.05) is 55.1 Å². The van der Waals surface area contributed by atoms with E-state index in [1.54, 1.807) is 17.0 Å². The van der Waals surface area contributed by atoms with E-state index in [0.717, 1.165) is 34.7 Å². The van der Waals surface area contributed by atoms with Gasteiger partial charge in [0.1, 0.15) is 16.9 Å². The van der Waals surface area contributed by atoms with E-state index < -0.39 is 0 Å². The van der Waals surface area contributed by atoms with Crippen LogP contribution in [0.15, 0.2) is 65.3 Å². The molecule has 0 atom stereocenters. The Kier molecular flexibility index (Phi) is 5.92. The molecule has 0 aliphatic heterocycles. The van der Waals surface area contributed by atoms with Gasteiger partial charge in [-0.05, 0) is 18.1 Å². The van der Waals surface area contributed by atoms with Crippen molar-refractivity contribution in [2.75, 3.05) is 0 Å². The predicted molar refractivity (Wildman–Crippen MR) is 119 cm³/mol. The first-order chi connectivity index (χ1) is 14.2. The molecule has 0 saturated carbocycles. The highest BCUT2D eigenvalue weighted by Gasteiger charge is 2.16. The SMILES string of the molecule is C=CCn1c(SCc2ncnn2CCC)nc2cc(-c3ccccc3)sc2c1=O. The molecule has 3 heterocycles. The molecule has 0 unspecified atom stereocenters. The molecule has 6 nitrogen and oxygen atoms in total. The molecule has 29 heavy (non-hydrogen) atoms. The fourth-order valence-corrected chi connectivity index (χ4v) is 5.07. The van der Waals surface area contributed by atoms with Crippen molar-refractivity contribution >= 4 is 33.3 Å². The van der Waals surface area contributed by atoms with E-state index in [1.807, 2.05) is 41.1 Å². The molecule has 148 valence electrons. The zero-order valence-corrected chi connectivity index (χ0v) is 17.7. The van der Waals surface area contributed by atoms with Crippen LogP contribution in [0.4, 0.5) is 0 Å². The molecule has 0 saturated heterocycles. The average molecular weight is 424 g/mol. The Morgan fingerprint density at radius 1 is 1.28 bits per heavy atom. The minimum atomic E-state index is -0.0281. The van der Waals surface area contributed by atoms with Gasteiger partial charge in [0.2, 0.25) is 0 Å². The van der Waals surface area contributed by atoms with Crippen LogP contribution in [0.25, 0.3) is 20.7 Å². The van der Waals surface area contributed by atoms with E-state index >= 15 is 0 Å². The lowest BCUT2D eigenvalue weighted by molar-refractivity contribution is 0.581. The monoisotopic (exact) mass is 423 g/mol. The van der Waals surface area contributed by atoms with Gasteiger partial charge in [-0.15, -0.1) is 17.9 Å². The fourth-order valence-electron chi connectivity index (χ4n) is 3.06. The summed E-state index contributed by atoms with van der Waals surface area (Å²) >= 11 is 2.99. The largest absolute Gasteiger partial charge is 0.282 e. The van der Waals surface area contributed by atoms with E-state index in [2.05, 4.69) is 23.6 Å². The summed E-state index contributed by atoms with van der Waals surface area (Å²) in [6.07, 6.45) is 4.29. The van der Waals surface area contributed by atoms with E-state index in [0.29, 0.717) is 22.2 Å². The average Bonchev–Trinajstić information content (AvgIpc) is 3.37. The zero-order chi connectivity index (χ0) is 20.2. The number of fused-ring (bicyclic) bond motifs is 1. The summed E-state index contributed by atoms with van der Waals surface area (Å²) < 4.78 is 4.26. The number of allylic oxidation sites excluding steroid dienone is 1. The van der Waals surface area contributed by atoms with Gasteiger partial charge < -0.3 is 0 Å². The van der Waals surface area contributed by atoms with Crippen molar-refractivity contribution < 1.29 is 0 Å². The number of nitrogens with zero attached hydrogens (tertiary/aromatic N) is 5. The minimum Gasteiger partial charge on any atom is -0.282 e. The van der Waals surface area contributed by atoms with Crippen molar-refractivity contribution in [1.29, 1.82) is 0 Å². The van der Waals surface area contributed by atoms with E-state index in [4.69, 9.17) is 4.98 Å². The normalized spacial score (nSPS) is 11.2. The molecule has 0 radical (unpaired) electrons. The second-order valence-corrected chi connectivity index (χ2v) is 8.47. The third kappa shape index (κ3) is 4.04. The second-order valence-electron chi connectivity index (χ2n) is 6.48. The van der Waals surface area contributed by atoms with Crippen LogP contribution in [0.5, 0.6) is 0 Å². The maximum Gasteiger partial charge on any atom is 0.272 e.